The normalized spacial score (nSPS) is 17.0. The molecule has 32 heavy (non-hydrogen) atoms. The van der Waals surface area contributed by atoms with Crippen LogP contribution < -0.4 is 14.8 Å². The molecule has 0 radical (unpaired) electrons. The number of fused-ring (bicyclic) bond motifs is 1. The lowest BCUT2D eigenvalue weighted by molar-refractivity contribution is 0.195. The fourth-order valence-corrected chi connectivity index (χ4v) is 4.34. The quantitative estimate of drug-likeness (QED) is 0.493. The van der Waals surface area contributed by atoms with E-state index in [-0.39, 0.29) is 12.1 Å². The first-order valence-corrected chi connectivity index (χ1v) is 11.5. The summed E-state index contributed by atoms with van der Waals surface area (Å²) in [6.45, 7) is 8.51. The average molecular weight is 433 g/mol. The van der Waals surface area contributed by atoms with Crippen molar-refractivity contribution in [3.05, 3.63) is 59.0 Å². The van der Waals surface area contributed by atoms with Crippen LogP contribution in [0.15, 0.2) is 36.5 Å². The molecule has 4 rings (SSSR count). The largest absolute Gasteiger partial charge is 0.497 e. The minimum Gasteiger partial charge on any atom is -0.497 e. The molecule has 1 N–H and O–H groups in total. The number of anilines is 1. The third-order valence-electron chi connectivity index (χ3n) is 6.03. The summed E-state index contributed by atoms with van der Waals surface area (Å²) in [5, 5.41) is 3.68. The molecule has 2 atom stereocenters. The molecule has 0 saturated carbocycles. The number of aromatic nitrogens is 3. The first-order valence-electron chi connectivity index (χ1n) is 11.5. The van der Waals surface area contributed by atoms with Crippen molar-refractivity contribution in [3.8, 4) is 22.9 Å². The van der Waals surface area contributed by atoms with Crippen LogP contribution in [-0.4, -0.2) is 28.2 Å². The van der Waals surface area contributed by atoms with Crippen LogP contribution >= 0.6 is 0 Å². The third-order valence-corrected chi connectivity index (χ3v) is 6.03. The summed E-state index contributed by atoms with van der Waals surface area (Å²) in [5.74, 6) is 2.41. The fraction of sp³-hybridized carbons (Fsp3) is 0.423. The Bertz CT molecular complexity index is 1100. The average Bonchev–Trinajstić information content (AvgIpc) is 3.16. The maximum Gasteiger partial charge on any atom is 0.219 e. The number of pyridine rings is 1. The molecule has 0 bridgehead atoms. The summed E-state index contributed by atoms with van der Waals surface area (Å²) in [7, 11) is 1.69. The smallest absolute Gasteiger partial charge is 0.219 e. The van der Waals surface area contributed by atoms with Crippen LogP contribution in [0.25, 0.3) is 11.3 Å². The van der Waals surface area contributed by atoms with Crippen molar-refractivity contribution in [1.82, 2.24) is 15.0 Å². The lowest BCUT2D eigenvalue weighted by atomic mass is 10.0. The fourth-order valence-electron chi connectivity index (χ4n) is 4.34. The molecule has 2 aromatic heterocycles. The first kappa shape index (κ1) is 22.1. The number of hydrogen-bond donors (Lipinski definition) is 1. The second kappa shape index (κ2) is 9.55. The van der Waals surface area contributed by atoms with E-state index in [0.29, 0.717) is 0 Å². The number of nitrogens with zero attached hydrogens (tertiary/aromatic N) is 3. The predicted octanol–water partition coefficient (Wildman–Crippen LogP) is 5.69. The Morgan fingerprint density at radius 1 is 1.06 bits per heavy atom. The SMILES string of the molecule is CCC[C@H]1Oc2ncccc2[C@H]1Nc1nc(CC)c(-c2ccc(OC)cc2C)nc1CC. The molecular weight excluding hydrogens is 400 g/mol. The topological polar surface area (TPSA) is 69.2 Å². The zero-order chi connectivity index (χ0) is 22.7. The van der Waals surface area contributed by atoms with Crippen LogP contribution in [0.2, 0.25) is 0 Å². The van der Waals surface area contributed by atoms with Gasteiger partial charge in [-0.25, -0.2) is 15.0 Å². The van der Waals surface area contributed by atoms with E-state index in [1.165, 1.54) is 0 Å². The van der Waals surface area contributed by atoms with Crippen LogP contribution in [0, 0.1) is 6.92 Å². The predicted molar refractivity (Wildman–Crippen MR) is 127 cm³/mol. The van der Waals surface area contributed by atoms with Gasteiger partial charge in [0.2, 0.25) is 5.88 Å². The molecule has 0 spiro atoms. The first-order chi connectivity index (χ1) is 15.6. The molecule has 0 fully saturated rings. The van der Waals surface area contributed by atoms with Crippen LogP contribution in [0.4, 0.5) is 5.82 Å². The molecule has 0 saturated heterocycles. The molecule has 0 unspecified atom stereocenters. The Morgan fingerprint density at radius 3 is 2.56 bits per heavy atom. The maximum absolute atomic E-state index is 6.16. The summed E-state index contributed by atoms with van der Waals surface area (Å²) in [6.07, 6.45) is 5.39. The monoisotopic (exact) mass is 432 g/mol. The van der Waals surface area contributed by atoms with Gasteiger partial charge in [-0.3, -0.25) is 0 Å². The summed E-state index contributed by atoms with van der Waals surface area (Å²) in [5.41, 5.74) is 6.20. The highest BCUT2D eigenvalue weighted by Gasteiger charge is 2.35. The second-order valence-electron chi connectivity index (χ2n) is 8.17. The highest BCUT2D eigenvalue weighted by Crippen LogP contribution is 2.39. The van der Waals surface area contributed by atoms with Crippen LogP contribution in [0.5, 0.6) is 11.6 Å². The number of nitrogens with one attached hydrogen (secondary N) is 1. The number of rotatable bonds is 8. The van der Waals surface area contributed by atoms with E-state index in [1.54, 1.807) is 13.3 Å². The highest BCUT2D eigenvalue weighted by molar-refractivity contribution is 5.68. The standard InChI is InChI=1S/C26H32N4O2/c1-6-10-22-24(19-11-9-14-27-26(19)32-22)30-25-21(8-3)28-23(20(7-2)29-25)18-13-12-17(31-5)15-16(18)4/h9,11-15,22,24H,6-8,10H2,1-5H3,(H,29,30)/t22-,24-/m1/s1. The molecule has 168 valence electrons. The van der Waals surface area contributed by atoms with Gasteiger partial charge in [-0.2, -0.15) is 0 Å². The Hall–Kier alpha value is -3.15. The summed E-state index contributed by atoms with van der Waals surface area (Å²) < 4.78 is 11.5. The van der Waals surface area contributed by atoms with E-state index < -0.39 is 0 Å². The number of ether oxygens (including phenoxy) is 2. The minimum absolute atomic E-state index is 0.0107. The van der Waals surface area contributed by atoms with Gasteiger partial charge in [-0.15, -0.1) is 0 Å². The summed E-state index contributed by atoms with van der Waals surface area (Å²) in [6, 6.07) is 10.2. The number of hydrogen-bond acceptors (Lipinski definition) is 6. The Labute approximate surface area is 190 Å². The van der Waals surface area contributed by atoms with Crippen molar-refractivity contribution in [2.24, 2.45) is 0 Å². The van der Waals surface area contributed by atoms with Crippen molar-refractivity contribution >= 4 is 5.82 Å². The van der Waals surface area contributed by atoms with E-state index in [1.807, 2.05) is 18.2 Å². The van der Waals surface area contributed by atoms with Gasteiger partial charge in [0.25, 0.3) is 0 Å². The van der Waals surface area contributed by atoms with Gasteiger partial charge < -0.3 is 14.8 Å². The zero-order valence-corrected chi connectivity index (χ0v) is 19.6. The highest BCUT2D eigenvalue weighted by atomic mass is 16.5. The summed E-state index contributed by atoms with van der Waals surface area (Å²) >= 11 is 0. The molecule has 1 aromatic carbocycles. The summed E-state index contributed by atoms with van der Waals surface area (Å²) in [4.78, 5) is 14.6. The van der Waals surface area contributed by atoms with Crippen LogP contribution in [-0.2, 0) is 12.8 Å². The van der Waals surface area contributed by atoms with Crippen molar-refractivity contribution in [2.75, 3.05) is 12.4 Å². The number of benzene rings is 1. The van der Waals surface area contributed by atoms with Gasteiger partial charge in [0.15, 0.2) is 0 Å². The molecule has 1 aliphatic heterocycles. The van der Waals surface area contributed by atoms with E-state index in [0.717, 1.165) is 76.9 Å². The van der Waals surface area contributed by atoms with Crippen LogP contribution in [0.1, 0.15) is 62.2 Å². The Kier molecular flexibility index (Phi) is 6.58. The van der Waals surface area contributed by atoms with Crippen molar-refractivity contribution in [3.63, 3.8) is 0 Å². The Balaban J connectivity index is 1.74. The lowest BCUT2D eigenvalue weighted by Crippen LogP contribution is -2.26. The van der Waals surface area contributed by atoms with Gasteiger partial charge in [0.1, 0.15) is 17.7 Å². The second-order valence-corrected chi connectivity index (χ2v) is 8.17. The molecule has 0 aliphatic carbocycles. The third kappa shape index (κ3) is 4.14. The number of methoxy groups -OCH3 is 1. The van der Waals surface area contributed by atoms with E-state index >= 15 is 0 Å². The molecule has 0 amide bonds. The molecule has 1 aliphatic rings. The number of aryl methyl sites for hydroxylation is 3. The van der Waals surface area contributed by atoms with Crippen molar-refractivity contribution in [2.45, 2.75) is 65.5 Å². The zero-order valence-electron chi connectivity index (χ0n) is 19.6. The van der Waals surface area contributed by atoms with E-state index in [9.17, 15) is 0 Å². The maximum atomic E-state index is 6.16. The Morgan fingerprint density at radius 2 is 1.88 bits per heavy atom. The lowest BCUT2D eigenvalue weighted by Gasteiger charge is -2.23. The van der Waals surface area contributed by atoms with Crippen molar-refractivity contribution in [1.29, 1.82) is 0 Å². The molecule has 3 heterocycles. The van der Waals surface area contributed by atoms with Gasteiger partial charge in [-0.05, 0) is 62.1 Å². The molecule has 6 nitrogen and oxygen atoms in total. The van der Waals surface area contributed by atoms with Gasteiger partial charge >= 0.3 is 0 Å². The van der Waals surface area contributed by atoms with Crippen LogP contribution in [0.3, 0.4) is 0 Å². The minimum atomic E-state index is 0.0107. The van der Waals surface area contributed by atoms with Crippen molar-refractivity contribution < 1.29 is 9.47 Å². The van der Waals surface area contributed by atoms with Gasteiger partial charge in [-0.1, -0.05) is 27.2 Å². The van der Waals surface area contributed by atoms with Gasteiger partial charge in [0.05, 0.1) is 30.2 Å². The van der Waals surface area contributed by atoms with E-state index in [4.69, 9.17) is 19.4 Å². The molecular formula is C26H32N4O2. The molecule has 3 aromatic rings. The van der Waals surface area contributed by atoms with E-state index in [2.05, 4.69) is 50.1 Å². The molecule has 6 heteroatoms. The van der Waals surface area contributed by atoms with Gasteiger partial charge in [0, 0.05) is 17.3 Å².